The van der Waals surface area contributed by atoms with Gasteiger partial charge in [-0.05, 0) is 47.7 Å². The fourth-order valence-electron chi connectivity index (χ4n) is 3.50. The van der Waals surface area contributed by atoms with Crippen molar-refractivity contribution in [1.29, 1.82) is 0 Å². The summed E-state index contributed by atoms with van der Waals surface area (Å²) in [6.45, 7) is 8.43. The van der Waals surface area contributed by atoms with Gasteiger partial charge in [-0.25, -0.2) is 10.4 Å². The third-order valence-electron chi connectivity index (χ3n) is 5.41. The van der Waals surface area contributed by atoms with Crippen LogP contribution in [0.4, 0.5) is 0 Å². The third-order valence-corrected chi connectivity index (χ3v) is 5.41. The normalized spacial score (nSPS) is 12.1. The predicted molar refractivity (Wildman–Crippen MR) is 130 cm³/mol. The first-order valence-corrected chi connectivity index (χ1v) is 10.6. The number of para-hydroxylation sites is 1. The number of benzene rings is 2. The molecule has 5 heteroatoms. The number of nitrogens with one attached hydrogen (secondary N) is 1. The van der Waals surface area contributed by atoms with Crippen molar-refractivity contribution in [3.63, 3.8) is 0 Å². The van der Waals surface area contributed by atoms with Gasteiger partial charge in [-0.15, -0.1) is 0 Å². The summed E-state index contributed by atoms with van der Waals surface area (Å²) in [6, 6.07) is 21.4. The fraction of sp³-hybridized carbons (Fsp3) is 0.185. The number of carbonyl (C=O) groups excluding carboxylic acids is 1. The Kier molecular flexibility index (Phi) is 5.82. The van der Waals surface area contributed by atoms with E-state index in [2.05, 4.69) is 48.4 Å². The molecule has 160 valence electrons. The molecule has 0 atom stereocenters. The van der Waals surface area contributed by atoms with Gasteiger partial charge >= 0.3 is 0 Å². The Hall–Kier alpha value is -3.86. The first kappa shape index (κ1) is 21.4. The van der Waals surface area contributed by atoms with Gasteiger partial charge in [0.25, 0.3) is 5.91 Å². The molecular weight excluding hydrogens is 396 g/mol. The quantitative estimate of drug-likeness (QED) is 0.336. The Labute approximate surface area is 188 Å². The summed E-state index contributed by atoms with van der Waals surface area (Å²) in [6.07, 6.45) is 3.45. The van der Waals surface area contributed by atoms with E-state index in [1.807, 2.05) is 55.5 Å². The van der Waals surface area contributed by atoms with Gasteiger partial charge in [0.05, 0.1) is 22.5 Å². The van der Waals surface area contributed by atoms with E-state index >= 15 is 0 Å². The number of hydrogen-bond acceptors (Lipinski definition) is 4. The minimum Gasteiger partial charge on any atom is -0.267 e. The second-order valence-electron chi connectivity index (χ2n) is 8.78. The van der Waals surface area contributed by atoms with E-state index in [4.69, 9.17) is 4.98 Å². The minimum atomic E-state index is -0.278. The van der Waals surface area contributed by atoms with Crippen molar-refractivity contribution in [2.45, 2.75) is 33.1 Å². The molecule has 0 aliphatic rings. The van der Waals surface area contributed by atoms with Crippen molar-refractivity contribution < 1.29 is 4.79 Å². The summed E-state index contributed by atoms with van der Waals surface area (Å²) in [7, 11) is 0. The molecule has 4 aromatic rings. The molecule has 2 aromatic carbocycles. The molecule has 1 amide bonds. The number of rotatable bonds is 4. The van der Waals surface area contributed by atoms with Gasteiger partial charge in [-0.1, -0.05) is 63.2 Å². The summed E-state index contributed by atoms with van der Waals surface area (Å²) >= 11 is 0. The van der Waals surface area contributed by atoms with Gasteiger partial charge in [-0.2, -0.15) is 5.10 Å². The van der Waals surface area contributed by atoms with E-state index in [9.17, 15) is 4.79 Å². The molecule has 0 radical (unpaired) electrons. The topological polar surface area (TPSA) is 67.2 Å². The Balaban J connectivity index is 1.63. The van der Waals surface area contributed by atoms with Crippen molar-refractivity contribution >= 4 is 22.5 Å². The van der Waals surface area contributed by atoms with E-state index in [1.54, 1.807) is 18.5 Å². The zero-order valence-corrected chi connectivity index (χ0v) is 18.8. The largest absolute Gasteiger partial charge is 0.272 e. The Morgan fingerprint density at radius 2 is 1.72 bits per heavy atom. The van der Waals surface area contributed by atoms with Crippen LogP contribution in [-0.4, -0.2) is 21.6 Å². The predicted octanol–water partition coefficient (Wildman–Crippen LogP) is 5.75. The molecule has 0 aliphatic heterocycles. The lowest BCUT2D eigenvalue weighted by atomic mass is 9.86. The van der Waals surface area contributed by atoms with Gasteiger partial charge in [0.15, 0.2) is 0 Å². The first-order valence-electron chi connectivity index (χ1n) is 10.6. The Morgan fingerprint density at radius 1 is 0.969 bits per heavy atom. The molecule has 0 spiro atoms. The number of aromatic nitrogens is 2. The van der Waals surface area contributed by atoms with Gasteiger partial charge in [0, 0.05) is 23.3 Å². The van der Waals surface area contributed by atoms with Crippen molar-refractivity contribution in [3.8, 4) is 11.3 Å². The van der Waals surface area contributed by atoms with E-state index in [1.165, 1.54) is 5.56 Å². The Bertz CT molecular complexity index is 1290. The number of hydrazone groups is 1. The van der Waals surface area contributed by atoms with Crippen molar-refractivity contribution in [2.75, 3.05) is 0 Å². The van der Waals surface area contributed by atoms with E-state index in [0.29, 0.717) is 11.3 Å². The summed E-state index contributed by atoms with van der Waals surface area (Å²) in [5.41, 5.74) is 8.59. The molecule has 0 saturated heterocycles. The highest BCUT2D eigenvalue weighted by Gasteiger charge is 2.15. The number of pyridine rings is 2. The van der Waals surface area contributed by atoms with Crippen LogP contribution in [-0.2, 0) is 5.41 Å². The highest BCUT2D eigenvalue weighted by Crippen LogP contribution is 2.25. The SMILES string of the molecule is CC(=NNC(=O)c1cc(-c2cccnc2)nc2ccccc12)c1ccc(C(C)(C)C)cc1. The number of nitrogens with zero attached hydrogens (tertiary/aromatic N) is 3. The zero-order chi connectivity index (χ0) is 22.7. The number of amides is 1. The molecule has 0 fully saturated rings. The van der Waals surface area contributed by atoms with Crippen LogP contribution in [0.2, 0.25) is 0 Å². The molecule has 5 nitrogen and oxygen atoms in total. The van der Waals surface area contributed by atoms with Crippen LogP contribution in [0, 0.1) is 0 Å². The second kappa shape index (κ2) is 8.71. The van der Waals surface area contributed by atoms with Crippen LogP contribution in [0.15, 0.2) is 84.2 Å². The van der Waals surface area contributed by atoms with E-state index in [-0.39, 0.29) is 11.3 Å². The van der Waals surface area contributed by atoms with Crippen molar-refractivity contribution in [1.82, 2.24) is 15.4 Å². The highest BCUT2D eigenvalue weighted by molar-refractivity contribution is 6.08. The minimum absolute atomic E-state index is 0.0895. The van der Waals surface area contributed by atoms with Gasteiger partial charge < -0.3 is 0 Å². The van der Waals surface area contributed by atoms with Crippen molar-refractivity contribution in [3.05, 3.63) is 95.8 Å². The monoisotopic (exact) mass is 422 g/mol. The maximum Gasteiger partial charge on any atom is 0.272 e. The first-order chi connectivity index (χ1) is 15.3. The van der Waals surface area contributed by atoms with E-state index < -0.39 is 0 Å². The van der Waals surface area contributed by atoms with Crippen LogP contribution in [0.25, 0.3) is 22.2 Å². The molecule has 32 heavy (non-hydrogen) atoms. The zero-order valence-electron chi connectivity index (χ0n) is 18.8. The van der Waals surface area contributed by atoms with Crippen LogP contribution < -0.4 is 5.43 Å². The van der Waals surface area contributed by atoms with Gasteiger partial charge in [0.2, 0.25) is 0 Å². The standard InChI is InChI=1S/C27H26N4O/c1-18(19-11-13-21(14-12-19)27(2,3)4)30-31-26(32)23-16-25(20-8-7-15-28-17-20)29-24-10-6-5-9-22(23)24/h5-17H,1-4H3,(H,31,32). The lowest BCUT2D eigenvalue weighted by Crippen LogP contribution is -2.20. The molecule has 4 rings (SSSR count). The number of hydrogen-bond donors (Lipinski definition) is 1. The molecular formula is C27H26N4O. The average molecular weight is 423 g/mol. The number of carbonyl (C=O) groups is 1. The third kappa shape index (κ3) is 4.57. The molecule has 1 N–H and O–H groups in total. The second-order valence-corrected chi connectivity index (χ2v) is 8.78. The fourth-order valence-corrected chi connectivity index (χ4v) is 3.50. The van der Waals surface area contributed by atoms with E-state index in [0.717, 1.165) is 27.7 Å². The van der Waals surface area contributed by atoms with Crippen LogP contribution in [0.3, 0.4) is 0 Å². The van der Waals surface area contributed by atoms with Crippen molar-refractivity contribution in [2.24, 2.45) is 5.10 Å². The average Bonchev–Trinajstić information content (AvgIpc) is 2.81. The summed E-state index contributed by atoms with van der Waals surface area (Å²) in [4.78, 5) is 22.0. The lowest BCUT2D eigenvalue weighted by Gasteiger charge is -2.19. The van der Waals surface area contributed by atoms with Crippen LogP contribution in [0.1, 0.15) is 49.2 Å². The van der Waals surface area contributed by atoms with Crippen LogP contribution in [0.5, 0.6) is 0 Å². The number of fused-ring (bicyclic) bond motifs is 1. The molecule has 0 unspecified atom stereocenters. The summed E-state index contributed by atoms with van der Waals surface area (Å²) in [5.74, 6) is -0.278. The molecule has 0 bridgehead atoms. The summed E-state index contributed by atoms with van der Waals surface area (Å²) in [5, 5.41) is 5.13. The van der Waals surface area contributed by atoms with Gasteiger partial charge in [-0.3, -0.25) is 9.78 Å². The molecule has 2 aromatic heterocycles. The smallest absolute Gasteiger partial charge is 0.267 e. The summed E-state index contributed by atoms with van der Waals surface area (Å²) < 4.78 is 0. The highest BCUT2D eigenvalue weighted by atomic mass is 16.2. The lowest BCUT2D eigenvalue weighted by molar-refractivity contribution is 0.0956. The van der Waals surface area contributed by atoms with Crippen LogP contribution >= 0.6 is 0 Å². The molecule has 2 heterocycles. The maximum atomic E-state index is 13.1. The Morgan fingerprint density at radius 3 is 2.41 bits per heavy atom. The molecule has 0 saturated carbocycles. The van der Waals surface area contributed by atoms with Gasteiger partial charge in [0.1, 0.15) is 0 Å². The maximum absolute atomic E-state index is 13.1. The molecule has 0 aliphatic carbocycles.